The predicted molar refractivity (Wildman–Crippen MR) is 144 cm³/mol. The zero-order valence-electron chi connectivity index (χ0n) is 20.2. The molecule has 184 valence electrons. The van der Waals surface area contributed by atoms with E-state index in [1.165, 1.54) is 11.1 Å². The van der Waals surface area contributed by atoms with Crippen LogP contribution in [0.1, 0.15) is 35.4 Å². The van der Waals surface area contributed by atoms with Gasteiger partial charge in [0.1, 0.15) is 0 Å². The molecule has 0 spiro atoms. The van der Waals surface area contributed by atoms with E-state index < -0.39 is 0 Å². The van der Waals surface area contributed by atoms with E-state index in [1.54, 1.807) is 6.20 Å². The van der Waals surface area contributed by atoms with E-state index >= 15 is 0 Å². The lowest BCUT2D eigenvalue weighted by molar-refractivity contribution is 0.118. The minimum absolute atomic E-state index is 0.247. The van der Waals surface area contributed by atoms with Crippen LogP contribution in [0.4, 0.5) is 0 Å². The van der Waals surface area contributed by atoms with Crippen molar-refractivity contribution in [3.05, 3.63) is 132 Å². The van der Waals surface area contributed by atoms with Crippen molar-refractivity contribution in [3.8, 4) is 0 Å². The third-order valence-electron chi connectivity index (χ3n) is 4.87. The van der Waals surface area contributed by atoms with E-state index in [1.807, 2.05) is 85.1 Å². The number of aromatic nitrogens is 2. The number of aliphatic hydroxyl groups excluding tert-OH is 1. The smallest absolute Gasteiger partial charge is 0.0716 e. The summed E-state index contributed by atoms with van der Waals surface area (Å²) in [7, 11) is 0. The molecule has 5 heteroatoms. The summed E-state index contributed by atoms with van der Waals surface area (Å²) in [5.74, 6) is 0.612. The molecule has 0 aliphatic rings. The third kappa shape index (κ3) is 14.1. The molecule has 4 nitrogen and oxygen atoms in total. The molecule has 4 rings (SSSR count). The summed E-state index contributed by atoms with van der Waals surface area (Å²) in [6, 6.07) is 32.0. The zero-order valence-corrected chi connectivity index (χ0v) is 20.9. The van der Waals surface area contributed by atoms with E-state index in [4.69, 9.17) is 21.4 Å². The van der Waals surface area contributed by atoms with Crippen LogP contribution in [-0.4, -0.2) is 28.3 Å². The van der Waals surface area contributed by atoms with Crippen LogP contribution in [0.3, 0.4) is 0 Å². The fourth-order valence-corrected chi connectivity index (χ4v) is 3.22. The standard InChI is InChI=1S/C15H17NO.C8H11NO.C7H7Cl/c1-2-7-14(8-3-1)13-17-12-6-10-15-9-4-5-11-16-15;10-7-3-5-8-4-1-2-6-9-8;8-6-7-4-2-1-3-5-7/h1-5,7-9,11H,6,10,12-13H2;1-2,4,6,10H,3,5,7H2;1-5H,6H2. The summed E-state index contributed by atoms with van der Waals surface area (Å²) < 4.78 is 5.61. The van der Waals surface area contributed by atoms with Crippen molar-refractivity contribution in [1.82, 2.24) is 9.97 Å². The van der Waals surface area contributed by atoms with Crippen LogP contribution in [0.2, 0.25) is 0 Å². The number of pyridine rings is 2. The number of nitrogens with zero attached hydrogens (tertiary/aromatic N) is 2. The number of hydrogen-bond acceptors (Lipinski definition) is 4. The zero-order chi connectivity index (χ0) is 24.8. The lowest BCUT2D eigenvalue weighted by atomic mass is 10.2. The van der Waals surface area contributed by atoms with Gasteiger partial charge in [-0.05, 0) is 61.1 Å². The van der Waals surface area contributed by atoms with Crippen molar-refractivity contribution in [2.24, 2.45) is 0 Å². The summed E-state index contributed by atoms with van der Waals surface area (Å²) in [6.07, 6.45) is 7.28. The Morgan fingerprint density at radius 2 is 1.14 bits per heavy atom. The van der Waals surface area contributed by atoms with Crippen LogP contribution in [0.25, 0.3) is 0 Å². The summed E-state index contributed by atoms with van der Waals surface area (Å²) in [5.41, 5.74) is 4.59. The third-order valence-corrected chi connectivity index (χ3v) is 5.18. The molecule has 0 saturated carbocycles. The van der Waals surface area contributed by atoms with Crippen molar-refractivity contribution < 1.29 is 9.84 Å². The van der Waals surface area contributed by atoms with Gasteiger partial charge >= 0.3 is 0 Å². The molecule has 35 heavy (non-hydrogen) atoms. The van der Waals surface area contributed by atoms with Gasteiger partial charge in [-0.2, -0.15) is 0 Å². The van der Waals surface area contributed by atoms with Crippen LogP contribution >= 0.6 is 11.6 Å². The lowest BCUT2D eigenvalue weighted by Crippen LogP contribution is -1.98. The van der Waals surface area contributed by atoms with Crippen molar-refractivity contribution in [2.75, 3.05) is 13.2 Å². The molecule has 0 atom stereocenters. The van der Waals surface area contributed by atoms with Gasteiger partial charge in [-0.25, -0.2) is 0 Å². The summed E-state index contributed by atoms with van der Waals surface area (Å²) in [4.78, 5) is 8.38. The van der Waals surface area contributed by atoms with Gasteiger partial charge in [-0.3, -0.25) is 9.97 Å². The van der Waals surface area contributed by atoms with E-state index in [9.17, 15) is 0 Å². The Hall–Kier alpha value is -3.05. The summed E-state index contributed by atoms with van der Waals surface area (Å²) in [6.45, 7) is 1.73. The van der Waals surface area contributed by atoms with Gasteiger partial charge in [0.05, 0.1) is 6.61 Å². The van der Waals surface area contributed by atoms with Gasteiger partial charge < -0.3 is 9.84 Å². The fraction of sp³-hybridized carbons (Fsp3) is 0.267. The Balaban J connectivity index is 0.000000204. The first-order valence-electron chi connectivity index (χ1n) is 11.9. The highest BCUT2D eigenvalue weighted by atomic mass is 35.5. The predicted octanol–water partition coefficient (Wildman–Crippen LogP) is 6.66. The van der Waals surface area contributed by atoms with E-state index in [0.29, 0.717) is 12.5 Å². The minimum atomic E-state index is 0.247. The topological polar surface area (TPSA) is 55.2 Å². The van der Waals surface area contributed by atoms with Gasteiger partial charge in [0.15, 0.2) is 0 Å². The molecule has 0 fully saturated rings. The molecule has 2 aromatic carbocycles. The number of ether oxygens (including phenoxy) is 1. The monoisotopic (exact) mass is 490 g/mol. The Kier molecular flexibility index (Phi) is 15.5. The highest BCUT2D eigenvalue weighted by Gasteiger charge is 1.95. The maximum absolute atomic E-state index is 8.50. The first-order chi connectivity index (χ1) is 17.3. The normalized spacial score (nSPS) is 9.89. The molecular weight excluding hydrogens is 456 g/mol. The fourth-order valence-electron chi connectivity index (χ4n) is 3.04. The van der Waals surface area contributed by atoms with Gasteiger partial charge in [0.25, 0.3) is 0 Å². The molecule has 0 radical (unpaired) electrons. The molecule has 2 aromatic heterocycles. The van der Waals surface area contributed by atoms with Gasteiger partial charge in [-0.1, -0.05) is 72.8 Å². The first kappa shape index (κ1) is 28.2. The van der Waals surface area contributed by atoms with E-state index in [-0.39, 0.29) is 6.61 Å². The molecule has 0 bridgehead atoms. The maximum Gasteiger partial charge on any atom is 0.0716 e. The average Bonchev–Trinajstić information content (AvgIpc) is 2.94. The van der Waals surface area contributed by atoms with E-state index in [2.05, 4.69) is 28.2 Å². The van der Waals surface area contributed by atoms with Crippen LogP contribution in [0.15, 0.2) is 109 Å². The number of hydrogen-bond donors (Lipinski definition) is 1. The lowest BCUT2D eigenvalue weighted by Gasteiger charge is -2.04. The highest BCUT2D eigenvalue weighted by Crippen LogP contribution is 2.03. The summed E-state index contributed by atoms with van der Waals surface area (Å²) >= 11 is 5.53. The summed E-state index contributed by atoms with van der Waals surface area (Å²) in [5, 5.41) is 8.50. The van der Waals surface area contributed by atoms with Gasteiger partial charge in [0.2, 0.25) is 0 Å². The van der Waals surface area contributed by atoms with Crippen LogP contribution < -0.4 is 0 Å². The number of alkyl halides is 1. The van der Waals surface area contributed by atoms with Crippen LogP contribution in [0.5, 0.6) is 0 Å². The highest BCUT2D eigenvalue weighted by molar-refractivity contribution is 6.17. The van der Waals surface area contributed by atoms with Crippen molar-refractivity contribution in [1.29, 1.82) is 0 Å². The number of aryl methyl sites for hydroxylation is 2. The number of rotatable bonds is 10. The quantitative estimate of drug-likeness (QED) is 0.199. The Bertz CT molecular complexity index is 946. The van der Waals surface area contributed by atoms with Crippen LogP contribution in [-0.2, 0) is 30.1 Å². The first-order valence-corrected chi connectivity index (χ1v) is 12.5. The number of aliphatic hydroxyl groups is 1. The van der Waals surface area contributed by atoms with Crippen molar-refractivity contribution in [2.45, 2.75) is 38.2 Å². The van der Waals surface area contributed by atoms with E-state index in [0.717, 1.165) is 43.7 Å². The molecule has 0 aliphatic carbocycles. The second kappa shape index (κ2) is 19.3. The maximum atomic E-state index is 8.50. The van der Waals surface area contributed by atoms with Crippen molar-refractivity contribution in [3.63, 3.8) is 0 Å². The van der Waals surface area contributed by atoms with Crippen molar-refractivity contribution >= 4 is 11.6 Å². The molecule has 0 amide bonds. The van der Waals surface area contributed by atoms with Gasteiger partial charge in [-0.15, -0.1) is 11.6 Å². The van der Waals surface area contributed by atoms with Gasteiger partial charge in [0, 0.05) is 42.9 Å². The second-order valence-corrected chi connectivity index (χ2v) is 8.00. The number of benzene rings is 2. The molecule has 4 aromatic rings. The van der Waals surface area contributed by atoms with Crippen LogP contribution in [0, 0.1) is 0 Å². The molecule has 2 heterocycles. The molecule has 1 N–H and O–H groups in total. The average molecular weight is 491 g/mol. The largest absolute Gasteiger partial charge is 0.396 e. The molecule has 0 unspecified atom stereocenters. The minimum Gasteiger partial charge on any atom is -0.396 e. The number of halogens is 1. The molecule has 0 aliphatic heterocycles. The Labute approximate surface area is 214 Å². The second-order valence-electron chi connectivity index (χ2n) is 7.73. The molecule has 0 saturated heterocycles. The molecular formula is C30H35ClN2O2. The SMILES string of the molecule is ClCc1ccccc1.OCCCc1ccccn1.c1ccc(COCCCc2ccccn2)cc1. The Morgan fingerprint density at radius 1 is 0.629 bits per heavy atom. The Morgan fingerprint density at radius 3 is 1.60 bits per heavy atom.